The van der Waals surface area contributed by atoms with Crippen LogP contribution in [0.3, 0.4) is 0 Å². The van der Waals surface area contributed by atoms with Crippen molar-refractivity contribution in [2.45, 2.75) is 13.1 Å². The fraction of sp³-hybridized carbons (Fsp3) is 0.111. The van der Waals surface area contributed by atoms with Gasteiger partial charge in [0.05, 0.1) is 10.2 Å². The molecule has 0 saturated carbocycles. The average molecular weight is 545 g/mol. The number of rotatable bonds is 3. The highest BCUT2D eigenvalue weighted by Crippen LogP contribution is 2.35. The van der Waals surface area contributed by atoms with Crippen molar-refractivity contribution in [3.8, 4) is 11.3 Å². The van der Waals surface area contributed by atoms with Crippen molar-refractivity contribution in [2.75, 3.05) is 5.32 Å². The molecule has 0 atom stereocenters. The maximum absolute atomic E-state index is 13.7. The normalized spacial score (nSPS) is 11.8. The van der Waals surface area contributed by atoms with Crippen LogP contribution in [-0.4, -0.2) is 25.7 Å². The lowest BCUT2D eigenvalue weighted by Gasteiger charge is -2.11. The van der Waals surface area contributed by atoms with Crippen LogP contribution in [0.1, 0.15) is 21.9 Å². The molecule has 0 saturated heterocycles. The van der Waals surface area contributed by atoms with Crippen molar-refractivity contribution in [2.24, 2.45) is 0 Å². The van der Waals surface area contributed by atoms with E-state index in [0.717, 1.165) is 10.5 Å². The molecule has 1 N–H and O–H groups in total. The summed E-state index contributed by atoms with van der Waals surface area (Å²) in [6, 6.07) is 9.00. The number of carbonyl (C=O) groups is 1. The smallest absolute Gasteiger partial charge is 0.360 e. The summed E-state index contributed by atoms with van der Waals surface area (Å²) in [7, 11) is 0. The first-order chi connectivity index (χ1) is 14.1. The number of aromatic nitrogens is 4. The first kappa shape index (κ1) is 20.5. The van der Waals surface area contributed by atoms with Gasteiger partial charge in [0, 0.05) is 16.1 Å². The van der Waals surface area contributed by atoms with Gasteiger partial charge in [-0.25, -0.2) is 9.50 Å². The summed E-state index contributed by atoms with van der Waals surface area (Å²) in [6.45, 7) is 1.63. The van der Waals surface area contributed by atoms with E-state index in [9.17, 15) is 18.0 Å². The molecule has 1 amide bonds. The molecule has 4 rings (SSSR count). The number of aryl methyl sites for hydroxylation is 1. The predicted octanol–water partition coefficient (Wildman–Crippen LogP) is 5.49. The van der Waals surface area contributed by atoms with E-state index < -0.39 is 17.8 Å². The number of nitrogens with zero attached hydrogens (tertiary/aromatic N) is 4. The number of benzene rings is 1. The molecule has 0 aliphatic carbocycles. The maximum atomic E-state index is 13.7. The summed E-state index contributed by atoms with van der Waals surface area (Å²) >= 11 is 6.45. The maximum Gasteiger partial charge on any atom is 0.433 e. The first-order valence-corrected chi connectivity index (χ1v) is 9.89. The number of alkyl halides is 3. The summed E-state index contributed by atoms with van der Waals surface area (Å²) in [5.74, 6) is -0.195. The second kappa shape index (κ2) is 7.51. The van der Waals surface area contributed by atoms with Crippen LogP contribution in [-0.2, 0) is 6.18 Å². The molecule has 0 radical (unpaired) electrons. The van der Waals surface area contributed by atoms with Crippen molar-refractivity contribution in [1.29, 1.82) is 0 Å². The Morgan fingerprint density at radius 2 is 1.87 bits per heavy atom. The van der Waals surface area contributed by atoms with Gasteiger partial charge in [-0.1, -0.05) is 33.2 Å². The third-order valence-corrected chi connectivity index (χ3v) is 5.31. The molecular formula is C18H10Br2F3N5O2. The Labute approximate surface area is 183 Å². The van der Waals surface area contributed by atoms with E-state index in [-0.39, 0.29) is 27.3 Å². The van der Waals surface area contributed by atoms with Gasteiger partial charge >= 0.3 is 6.18 Å². The Balaban J connectivity index is 1.86. The van der Waals surface area contributed by atoms with E-state index >= 15 is 0 Å². The van der Waals surface area contributed by atoms with Gasteiger partial charge in [0.25, 0.3) is 5.91 Å². The number of amides is 1. The molecule has 3 aromatic heterocycles. The molecule has 7 nitrogen and oxygen atoms in total. The van der Waals surface area contributed by atoms with Crippen molar-refractivity contribution in [3.05, 3.63) is 62.5 Å². The van der Waals surface area contributed by atoms with E-state index in [1.165, 1.54) is 6.07 Å². The molecular weight excluding hydrogens is 535 g/mol. The molecule has 12 heteroatoms. The van der Waals surface area contributed by atoms with Crippen molar-refractivity contribution < 1.29 is 22.5 Å². The fourth-order valence-electron chi connectivity index (χ4n) is 2.71. The Bertz CT molecular complexity index is 1270. The van der Waals surface area contributed by atoms with E-state index in [0.29, 0.717) is 15.8 Å². The fourth-order valence-corrected chi connectivity index (χ4v) is 3.49. The zero-order valence-corrected chi connectivity index (χ0v) is 18.1. The van der Waals surface area contributed by atoms with E-state index in [2.05, 4.69) is 52.4 Å². The van der Waals surface area contributed by atoms with Crippen molar-refractivity contribution in [3.63, 3.8) is 0 Å². The van der Waals surface area contributed by atoms with Crippen molar-refractivity contribution in [1.82, 2.24) is 19.8 Å². The van der Waals surface area contributed by atoms with Crippen LogP contribution in [0.15, 0.2) is 49.9 Å². The van der Waals surface area contributed by atoms with Crippen molar-refractivity contribution >= 4 is 49.2 Å². The van der Waals surface area contributed by atoms with Crippen LogP contribution in [0.25, 0.3) is 16.9 Å². The van der Waals surface area contributed by atoms with Crippen LogP contribution < -0.4 is 5.32 Å². The molecule has 0 spiro atoms. The lowest BCUT2D eigenvalue weighted by Crippen LogP contribution is -2.16. The van der Waals surface area contributed by atoms with Gasteiger partial charge in [-0.05, 0) is 41.1 Å². The minimum absolute atomic E-state index is 0.0182. The molecule has 30 heavy (non-hydrogen) atoms. The molecule has 0 bridgehead atoms. The third kappa shape index (κ3) is 3.84. The SMILES string of the molecule is Cc1cc(NC(=O)c2nn3c(C(F)(F)F)cc(-c4ccc(Br)cc4)nc3c2Br)no1. The standard InChI is InChI=1S/C18H10Br2F3N5O2/c1-8-6-13(27-30-8)25-17(29)15-14(20)16-24-11(9-2-4-10(19)5-3-9)7-12(18(21,22)23)28(16)26-15/h2-7H,1H3,(H,25,27,29). The van der Waals surface area contributed by atoms with Crippen LogP contribution in [0, 0.1) is 6.92 Å². The highest BCUT2D eigenvalue weighted by atomic mass is 79.9. The molecule has 4 aromatic rings. The minimum atomic E-state index is -4.73. The van der Waals surface area contributed by atoms with Crippen LogP contribution in [0.4, 0.5) is 19.0 Å². The number of halogens is 5. The summed E-state index contributed by atoms with van der Waals surface area (Å²) in [5, 5.41) is 9.89. The number of fused-ring (bicyclic) bond motifs is 1. The summed E-state index contributed by atoms with van der Waals surface area (Å²) < 4.78 is 47.5. The van der Waals surface area contributed by atoms with E-state index in [1.807, 2.05) is 0 Å². The molecule has 0 aliphatic rings. The lowest BCUT2D eigenvalue weighted by molar-refractivity contribution is -0.142. The highest BCUT2D eigenvalue weighted by molar-refractivity contribution is 9.11. The first-order valence-electron chi connectivity index (χ1n) is 8.30. The zero-order valence-electron chi connectivity index (χ0n) is 15.0. The number of hydrogen-bond acceptors (Lipinski definition) is 5. The molecule has 0 aliphatic heterocycles. The van der Waals surface area contributed by atoms with Gasteiger partial charge in [-0.2, -0.15) is 18.3 Å². The van der Waals surface area contributed by atoms with E-state index in [4.69, 9.17) is 4.52 Å². The molecule has 154 valence electrons. The van der Waals surface area contributed by atoms with Crippen LogP contribution in [0.2, 0.25) is 0 Å². The molecule has 1 aromatic carbocycles. The molecule has 3 heterocycles. The monoisotopic (exact) mass is 543 g/mol. The number of anilines is 1. The van der Waals surface area contributed by atoms with Gasteiger partial charge in [0.1, 0.15) is 5.76 Å². The second-order valence-corrected chi connectivity index (χ2v) is 7.91. The Hall–Kier alpha value is -2.73. The predicted molar refractivity (Wildman–Crippen MR) is 108 cm³/mol. The number of nitrogens with one attached hydrogen (secondary N) is 1. The Morgan fingerprint density at radius 3 is 2.47 bits per heavy atom. The average Bonchev–Trinajstić information content (AvgIpc) is 3.24. The van der Waals surface area contributed by atoms with Gasteiger partial charge in [0.15, 0.2) is 22.9 Å². The summed E-state index contributed by atoms with van der Waals surface area (Å²) in [5.41, 5.74) is -0.932. The zero-order chi connectivity index (χ0) is 21.6. The number of hydrogen-bond donors (Lipinski definition) is 1. The van der Waals surface area contributed by atoms with Gasteiger partial charge in [-0.15, -0.1) is 0 Å². The molecule has 0 unspecified atom stereocenters. The van der Waals surface area contributed by atoms with E-state index in [1.54, 1.807) is 31.2 Å². The Morgan fingerprint density at radius 1 is 1.17 bits per heavy atom. The lowest BCUT2D eigenvalue weighted by atomic mass is 10.1. The second-order valence-electron chi connectivity index (χ2n) is 6.21. The largest absolute Gasteiger partial charge is 0.433 e. The summed E-state index contributed by atoms with van der Waals surface area (Å²) in [6.07, 6.45) is -4.73. The third-order valence-electron chi connectivity index (χ3n) is 4.05. The topological polar surface area (TPSA) is 85.3 Å². The minimum Gasteiger partial charge on any atom is -0.360 e. The molecule has 0 fully saturated rings. The van der Waals surface area contributed by atoms with Gasteiger partial charge in [0.2, 0.25) is 0 Å². The van der Waals surface area contributed by atoms with Gasteiger partial charge < -0.3 is 9.84 Å². The summed E-state index contributed by atoms with van der Waals surface area (Å²) in [4.78, 5) is 16.8. The number of carbonyl (C=O) groups excluding carboxylic acids is 1. The Kier molecular flexibility index (Phi) is 5.14. The van der Waals surface area contributed by atoms with Crippen LogP contribution >= 0.6 is 31.9 Å². The highest BCUT2D eigenvalue weighted by Gasteiger charge is 2.36. The van der Waals surface area contributed by atoms with Gasteiger partial charge in [-0.3, -0.25) is 4.79 Å². The quantitative estimate of drug-likeness (QED) is 0.368. The van der Waals surface area contributed by atoms with Crippen LogP contribution in [0.5, 0.6) is 0 Å².